The van der Waals surface area contributed by atoms with Crippen LogP contribution in [0, 0.1) is 0 Å². The summed E-state index contributed by atoms with van der Waals surface area (Å²) >= 11 is 0. The lowest BCUT2D eigenvalue weighted by molar-refractivity contribution is -0.207. The van der Waals surface area contributed by atoms with Gasteiger partial charge in [-0.3, -0.25) is 4.79 Å². The molecule has 0 aliphatic carbocycles. The van der Waals surface area contributed by atoms with Gasteiger partial charge in [0.15, 0.2) is 28.3 Å². The molecule has 8 nitrogen and oxygen atoms in total. The summed E-state index contributed by atoms with van der Waals surface area (Å²) in [6.45, 7) is 1.18. The summed E-state index contributed by atoms with van der Waals surface area (Å²) in [6.07, 6.45) is -0.145. The lowest BCUT2D eigenvalue weighted by Gasteiger charge is -2.28. The van der Waals surface area contributed by atoms with E-state index in [9.17, 15) is 30.0 Å². The van der Waals surface area contributed by atoms with Gasteiger partial charge in [-0.25, -0.2) is 4.79 Å². The van der Waals surface area contributed by atoms with Crippen molar-refractivity contribution in [1.29, 1.82) is 0 Å². The van der Waals surface area contributed by atoms with E-state index in [1.165, 1.54) is 6.92 Å². The number of hydrogen-bond donors (Lipinski definition) is 4. The van der Waals surface area contributed by atoms with Gasteiger partial charge in [0.1, 0.15) is 11.3 Å². The Morgan fingerprint density at radius 1 is 1.36 bits per heavy atom. The van der Waals surface area contributed by atoms with Crippen molar-refractivity contribution in [2.24, 2.45) is 0 Å². The number of aromatic carboxylic acids is 1. The fraction of sp³-hybridized carbons (Fsp3) is 0.286. The van der Waals surface area contributed by atoms with Crippen LogP contribution in [0.4, 0.5) is 0 Å². The number of carboxylic acid groups (broad SMARTS) is 1. The van der Waals surface area contributed by atoms with Gasteiger partial charge in [-0.15, -0.1) is 0 Å². The van der Waals surface area contributed by atoms with E-state index < -0.39 is 34.2 Å². The van der Waals surface area contributed by atoms with Crippen molar-refractivity contribution in [2.45, 2.75) is 25.7 Å². The smallest absolute Gasteiger partial charge is 0.343 e. The number of ether oxygens (including phenoxy) is 1. The first-order valence-corrected chi connectivity index (χ1v) is 6.34. The molecule has 116 valence electrons. The van der Waals surface area contributed by atoms with Crippen molar-refractivity contribution in [3.8, 4) is 11.5 Å². The Morgan fingerprint density at radius 2 is 2.05 bits per heavy atom. The number of phenols is 2. The third-order valence-electron chi connectivity index (χ3n) is 3.54. The predicted molar refractivity (Wildman–Crippen MR) is 71.9 cm³/mol. The van der Waals surface area contributed by atoms with Crippen LogP contribution in [-0.2, 0) is 17.8 Å². The molecular weight excluding hydrogens is 296 g/mol. The van der Waals surface area contributed by atoms with Gasteiger partial charge >= 0.3 is 5.97 Å². The minimum Gasteiger partial charge on any atom is -0.504 e. The average molecular weight is 308 g/mol. The van der Waals surface area contributed by atoms with Crippen LogP contribution < -0.4 is 5.43 Å². The molecule has 1 aromatic heterocycles. The van der Waals surface area contributed by atoms with Gasteiger partial charge in [0.05, 0.1) is 24.0 Å². The van der Waals surface area contributed by atoms with Crippen molar-refractivity contribution < 1.29 is 34.4 Å². The summed E-state index contributed by atoms with van der Waals surface area (Å²) in [5.74, 6) is -4.64. The van der Waals surface area contributed by atoms with Crippen molar-refractivity contribution in [2.75, 3.05) is 0 Å². The molecule has 0 fully saturated rings. The molecule has 4 N–H and O–H groups in total. The zero-order chi connectivity index (χ0) is 16.2. The number of fused-ring (bicyclic) bond motifs is 2. The number of carboxylic acids is 1. The fourth-order valence-electron chi connectivity index (χ4n) is 2.45. The zero-order valence-electron chi connectivity index (χ0n) is 11.4. The van der Waals surface area contributed by atoms with Gasteiger partial charge in [-0.1, -0.05) is 0 Å². The molecule has 1 aliphatic rings. The molecule has 0 saturated carbocycles. The second kappa shape index (κ2) is 4.46. The van der Waals surface area contributed by atoms with E-state index in [0.717, 1.165) is 6.07 Å². The lowest BCUT2D eigenvalue weighted by atomic mass is 10.0. The Kier molecular flexibility index (Phi) is 2.91. The number of benzene rings is 1. The lowest BCUT2D eigenvalue weighted by Crippen LogP contribution is -2.37. The van der Waals surface area contributed by atoms with Crippen LogP contribution in [0.5, 0.6) is 11.5 Å². The molecule has 1 aliphatic heterocycles. The molecule has 1 unspecified atom stereocenters. The molecule has 0 amide bonds. The van der Waals surface area contributed by atoms with Gasteiger partial charge in [0.25, 0.3) is 0 Å². The third-order valence-corrected chi connectivity index (χ3v) is 3.54. The molecule has 2 aromatic rings. The van der Waals surface area contributed by atoms with Crippen LogP contribution in [0.25, 0.3) is 11.0 Å². The highest BCUT2D eigenvalue weighted by molar-refractivity contribution is 6.04. The Morgan fingerprint density at radius 3 is 2.68 bits per heavy atom. The molecule has 0 radical (unpaired) electrons. The average Bonchev–Trinajstić information content (AvgIpc) is 2.40. The second-order valence-corrected chi connectivity index (χ2v) is 5.27. The van der Waals surface area contributed by atoms with Crippen molar-refractivity contribution in [3.05, 3.63) is 33.2 Å². The maximum atomic E-state index is 12.4. The Hall–Kier alpha value is -2.58. The van der Waals surface area contributed by atoms with E-state index in [1.807, 2.05) is 0 Å². The quantitative estimate of drug-likeness (QED) is 0.564. The van der Waals surface area contributed by atoms with E-state index >= 15 is 0 Å². The first kappa shape index (κ1) is 14.4. The molecule has 2 heterocycles. The normalized spacial score (nSPS) is 20.8. The number of hydrogen-bond acceptors (Lipinski definition) is 7. The summed E-state index contributed by atoms with van der Waals surface area (Å²) in [4.78, 5) is 23.7. The maximum absolute atomic E-state index is 12.4. The Balaban J connectivity index is 2.43. The van der Waals surface area contributed by atoms with Crippen molar-refractivity contribution in [3.63, 3.8) is 0 Å². The number of phenolic OH excluding ortho intramolecular Hbond substituents is 1. The molecule has 8 heteroatoms. The van der Waals surface area contributed by atoms with Gasteiger partial charge in [-0.05, 0) is 13.0 Å². The summed E-state index contributed by atoms with van der Waals surface area (Å²) in [6, 6.07) is 0.940. The van der Waals surface area contributed by atoms with E-state index in [4.69, 9.17) is 9.15 Å². The number of rotatable bonds is 1. The van der Waals surface area contributed by atoms with Gasteiger partial charge in [-0.2, -0.15) is 0 Å². The third kappa shape index (κ3) is 2.00. The SMILES string of the molecule is CC1(O)Cc2oc3c(C(=O)O)c(O)c(O)cc3c(=O)c2CO1. The monoisotopic (exact) mass is 308 g/mol. The number of carbonyl (C=O) groups is 1. The van der Waals surface area contributed by atoms with Gasteiger partial charge in [0, 0.05) is 0 Å². The van der Waals surface area contributed by atoms with Crippen LogP contribution in [0.15, 0.2) is 15.3 Å². The Labute approximate surface area is 122 Å². The van der Waals surface area contributed by atoms with Gasteiger partial charge < -0.3 is 29.6 Å². The molecule has 3 rings (SSSR count). The highest BCUT2D eigenvalue weighted by atomic mass is 16.6. The summed E-state index contributed by atoms with van der Waals surface area (Å²) < 4.78 is 10.6. The number of aromatic hydroxyl groups is 2. The molecule has 0 spiro atoms. The minimum atomic E-state index is -1.56. The fourth-order valence-corrected chi connectivity index (χ4v) is 2.45. The largest absolute Gasteiger partial charge is 0.504 e. The maximum Gasteiger partial charge on any atom is 0.343 e. The summed E-state index contributed by atoms with van der Waals surface area (Å²) in [7, 11) is 0. The van der Waals surface area contributed by atoms with Crippen LogP contribution in [0.3, 0.4) is 0 Å². The van der Waals surface area contributed by atoms with Crippen LogP contribution >= 0.6 is 0 Å². The molecule has 1 atom stereocenters. The first-order chi connectivity index (χ1) is 10.2. The molecular formula is C14H12O8. The van der Waals surface area contributed by atoms with E-state index in [0.29, 0.717) is 0 Å². The zero-order valence-corrected chi connectivity index (χ0v) is 11.4. The van der Waals surface area contributed by atoms with Gasteiger partial charge in [0.2, 0.25) is 0 Å². The topological polar surface area (TPSA) is 137 Å². The predicted octanol–water partition coefficient (Wildman–Crippen LogP) is 0.684. The highest BCUT2D eigenvalue weighted by Crippen LogP contribution is 2.37. The highest BCUT2D eigenvalue weighted by Gasteiger charge is 2.33. The van der Waals surface area contributed by atoms with Crippen LogP contribution in [0.1, 0.15) is 28.6 Å². The molecule has 0 saturated heterocycles. The van der Waals surface area contributed by atoms with E-state index in [2.05, 4.69) is 0 Å². The van der Waals surface area contributed by atoms with Crippen molar-refractivity contribution in [1.82, 2.24) is 0 Å². The molecule has 22 heavy (non-hydrogen) atoms. The first-order valence-electron chi connectivity index (χ1n) is 6.34. The standard InChI is InChI=1S/C14H12O8/c1-14(20)3-8-6(4-21-14)10(16)5-2-7(15)11(17)9(13(18)19)12(5)22-8/h2,15,17,20H,3-4H2,1H3,(H,18,19). The molecule has 0 bridgehead atoms. The van der Waals surface area contributed by atoms with Crippen molar-refractivity contribution >= 4 is 16.9 Å². The van der Waals surface area contributed by atoms with Crippen LogP contribution in [-0.4, -0.2) is 32.2 Å². The summed E-state index contributed by atoms with van der Waals surface area (Å²) in [5, 5.41) is 38.2. The number of aliphatic hydroxyl groups is 1. The van der Waals surface area contributed by atoms with Crippen LogP contribution in [0.2, 0.25) is 0 Å². The molecule has 1 aromatic carbocycles. The second-order valence-electron chi connectivity index (χ2n) is 5.27. The Bertz CT molecular complexity index is 861. The van der Waals surface area contributed by atoms with E-state index in [1.54, 1.807) is 0 Å². The summed E-state index contributed by atoms with van der Waals surface area (Å²) in [5.41, 5.74) is -1.50. The van der Waals surface area contributed by atoms with E-state index in [-0.39, 0.29) is 35.3 Å². The minimum absolute atomic E-state index is 0.0846.